The van der Waals surface area contributed by atoms with Crippen molar-refractivity contribution in [3.63, 3.8) is 0 Å². The maximum Gasteiger partial charge on any atom is 0.225 e. The van der Waals surface area contributed by atoms with Crippen molar-refractivity contribution in [1.82, 2.24) is 4.90 Å². The lowest BCUT2D eigenvalue weighted by Gasteiger charge is -2.38. The molecule has 0 aliphatic carbocycles. The van der Waals surface area contributed by atoms with Gasteiger partial charge in [-0.25, -0.2) is 0 Å². The van der Waals surface area contributed by atoms with Gasteiger partial charge < -0.3 is 9.80 Å². The first kappa shape index (κ1) is 19.4. The van der Waals surface area contributed by atoms with Crippen molar-refractivity contribution >= 4 is 17.3 Å². The third-order valence-electron chi connectivity index (χ3n) is 5.33. The summed E-state index contributed by atoms with van der Waals surface area (Å²) in [4.78, 5) is 17.2. The Morgan fingerprint density at radius 3 is 2.40 bits per heavy atom. The number of rotatable bonds is 7. The zero-order chi connectivity index (χ0) is 18.4. The van der Waals surface area contributed by atoms with Crippen molar-refractivity contribution < 1.29 is 10.3 Å². The highest BCUT2D eigenvalue weighted by Gasteiger charge is 2.26. The molecule has 1 atom stereocenters. The molecule has 5 heteroatoms. The van der Waals surface area contributed by atoms with Crippen molar-refractivity contribution in [2.45, 2.75) is 53.4 Å². The molecule has 1 fully saturated rings. The first-order valence-corrected chi connectivity index (χ1v) is 9.57. The molecule has 0 radical (unpaired) electrons. The van der Waals surface area contributed by atoms with Gasteiger partial charge in [0.05, 0.1) is 0 Å². The quantitative estimate of drug-likeness (QED) is 0.772. The number of hydrogen-bond donors (Lipinski definition) is 1. The Bertz CT molecular complexity index is 606. The SMILES string of the molecule is CCCCC(CC)C(=O)N1CCN(c2cc(C)c(N=[NH2+])cc2C)CC1. The predicted molar refractivity (Wildman–Crippen MR) is 102 cm³/mol. The van der Waals surface area contributed by atoms with Gasteiger partial charge in [0, 0.05) is 37.8 Å². The van der Waals surface area contributed by atoms with E-state index in [2.05, 4.69) is 41.8 Å². The summed E-state index contributed by atoms with van der Waals surface area (Å²) in [6.45, 7) is 11.8. The molecule has 1 aromatic carbocycles. The molecule has 1 aliphatic heterocycles. The van der Waals surface area contributed by atoms with Crippen LogP contribution >= 0.6 is 0 Å². The number of nitrogens with zero attached hydrogens (tertiary/aromatic N) is 3. The molecular formula is C20H33N4O+. The Morgan fingerprint density at radius 2 is 1.84 bits per heavy atom. The van der Waals surface area contributed by atoms with E-state index in [9.17, 15) is 4.79 Å². The third kappa shape index (κ3) is 4.59. The van der Waals surface area contributed by atoms with Crippen LogP contribution in [0.4, 0.5) is 11.4 Å². The summed E-state index contributed by atoms with van der Waals surface area (Å²) < 4.78 is 0. The Hall–Kier alpha value is -1.91. The van der Waals surface area contributed by atoms with E-state index in [1.165, 1.54) is 11.3 Å². The van der Waals surface area contributed by atoms with E-state index in [-0.39, 0.29) is 5.92 Å². The molecule has 0 saturated carbocycles. The van der Waals surface area contributed by atoms with Gasteiger partial charge in [-0.2, -0.15) is 5.53 Å². The van der Waals surface area contributed by atoms with E-state index in [0.29, 0.717) is 5.91 Å². The van der Waals surface area contributed by atoms with Gasteiger partial charge in [-0.1, -0.05) is 26.7 Å². The number of hydrogen-bond acceptors (Lipinski definition) is 3. The summed E-state index contributed by atoms with van der Waals surface area (Å²) >= 11 is 0. The summed E-state index contributed by atoms with van der Waals surface area (Å²) in [7, 11) is 0. The first-order chi connectivity index (χ1) is 12.0. The molecule has 1 saturated heterocycles. The summed E-state index contributed by atoms with van der Waals surface area (Å²) in [6.07, 6.45) is 4.26. The van der Waals surface area contributed by atoms with E-state index in [1.54, 1.807) is 0 Å². The maximum atomic E-state index is 12.8. The van der Waals surface area contributed by atoms with Crippen molar-refractivity contribution in [1.29, 1.82) is 0 Å². The molecule has 1 amide bonds. The molecule has 1 aliphatic rings. The van der Waals surface area contributed by atoms with Crippen LogP contribution in [0.5, 0.6) is 0 Å². The van der Waals surface area contributed by atoms with E-state index in [0.717, 1.165) is 63.1 Å². The smallest absolute Gasteiger partial charge is 0.225 e. The normalized spacial score (nSPS) is 16.0. The summed E-state index contributed by atoms with van der Waals surface area (Å²) in [6, 6.07) is 4.20. The number of carbonyl (C=O) groups excluding carboxylic acids is 1. The topological polar surface area (TPSA) is 61.5 Å². The molecule has 25 heavy (non-hydrogen) atoms. The Labute approximate surface area is 151 Å². The molecule has 1 unspecified atom stereocenters. The van der Waals surface area contributed by atoms with Crippen LogP contribution in [0.2, 0.25) is 0 Å². The molecule has 1 heterocycles. The minimum atomic E-state index is 0.195. The van der Waals surface area contributed by atoms with Crippen LogP contribution in [0.1, 0.15) is 50.7 Å². The molecule has 0 bridgehead atoms. The lowest BCUT2D eigenvalue weighted by atomic mass is 9.97. The largest absolute Gasteiger partial charge is 0.368 e. The number of unbranched alkanes of at least 4 members (excludes halogenated alkanes) is 1. The second-order valence-corrected chi connectivity index (χ2v) is 7.11. The number of anilines is 1. The summed E-state index contributed by atoms with van der Waals surface area (Å²) in [5.74, 6) is 0.543. The van der Waals surface area contributed by atoms with E-state index >= 15 is 0 Å². The predicted octanol–water partition coefficient (Wildman–Crippen LogP) is 3.01. The number of amides is 1. The van der Waals surface area contributed by atoms with Crippen LogP contribution in [0.3, 0.4) is 0 Å². The Balaban J connectivity index is 2.01. The fraction of sp³-hybridized carbons (Fsp3) is 0.650. The van der Waals surface area contributed by atoms with Crippen molar-refractivity contribution in [3.05, 3.63) is 23.3 Å². The first-order valence-electron chi connectivity index (χ1n) is 9.57. The van der Waals surface area contributed by atoms with Crippen LogP contribution in [0.25, 0.3) is 0 Å². The number of benzene rings is 1. The average Bonchev–Trinajstić information content (AvgIpc) is 2.63. The fourth-order valence-electron chi connectivity index (χ4n) is 3.64. The maximum absolute atomic E-state index is 12.8. The van der Waals surface area contributed by atoms with Gasteiger partial charge >= 0.3 is 0 Å². The Kier molecular flexibility index (Phi) is 6.97. The van der Waals surface area contributed by atoms with E-state index in [1.807, 2.05) is 13.0 Å². The number of aryl methyl sites for hydroxylation is 2. The molecular weight excluding hydrogens is 312 g/mol. The number of nitrogens with two attached hydrogens (primary N) is 1. The lowest BCUT2D eigenvalue weighted by molar-refractivity contribution is -0.210. The monoisotopic (exact) mass is 345 g/mol. The van der Waals surface area contributed by atoms with E-state index in [4.69, 9.17) is 5.53 Å². The zero-order valence-corrected chi connectivity index (χ0v) is 16.2. The van der Waals surface area contributed by atoms with Crippen LogP contribution in [0.15, 0.2) is 17.2 Å². The van der Waals surface area contributed by atoms with Crippen molar-refractivity contribution in [3.8, 4) is 0 Å². The van der Waals surface area contributed by atoms with Crippen molar-refractivity contribution in [2.75, 3.05) is 31.1 Å². The molecule has 2 rings (SSSR count). The third-order valence-corrected chi connectivity index (χ3v) is 5.33. The van der Waals surface area contributed by atoms with E-state index < -0.39 is 0 Å². The molecule has 0 aromatic heterocycles. The minimum absolute atomic E-state index is 0.195. The van der Waals surface area contributed by atoms with Gasteiger partial charge in [0.25, 0.3) is 0 Å². The lowest BCUT2D eigenvalue weighted by Crippen LogP contribution is -2.50. The minimum Gasteiger partial charge on any atom is -0.368 e. The number of piperazine rings is 1. The van der Waals surface area contributed by atoms with Crippen LogP contribution < -0.4 is 10.4 Å². The molecule has 5 nitrogen and oxygen atoms in total. The van der Waals surface area contributed by atoms with Crippen LogP contribution in [-0.2, 0) is 4.79 Å². The fourth-order valence-corrected chi connectivity index (χ4v) is 3.64. The zero-order valence-electron chi connectivity index (χ0n) is 16.2. The second-order valence-electron chi connectivity index (χ2n) is 7.11. The molecule has 1 aromatic rings. The van der Waals surface area contributed by atoms with Gasteiger partial charge in [0.15, 0.2) is 0 Å². The summed E-state index contributed by atoms with van der Waals surface area (Å²) in [5.41, 5.74) is 9.79. The van der Waals surface area contributed by atoms with Crippen molar-refractivity contribution in [2.24, 2.45) is 11.0 Å². The highest BCUT2D eigenvalue weighted by Crippen LogP contribution is 2.29. The van der Waals surface area contributed by atoms with Gasteiger partial charge in [0.1, 0.15) is 5.69 Å². The van der Waals surface area contributed by atoms with Crippen LogP contribution in [0, 0.1) is 19.8 Å². The number of carbonyl (C=O) groups is 1. The van der Waals surface area contributed by atoms with Gasteiger partial charge in [-0.15, -0.1) is 0 Å². The standard InChI is InChI=1S/C20H32N4O/c1-5-7-8-17(6-2)20(25)24-11-9-23(10-12-24)19-14-15(3)18(22-21)13-16(19)4/h13-14,17,21H,5-12H2,1-4H3/p+1. The van der Waals surface area contributed by atoms with Gasteiger partial charge in [0.2, 0.25) is 5.91 Å². The molecule has 0 spiro atoms. The second kappa shape index (κ2) is 8.97. The highest BCUT2D eigenvalue weighted by atomic mass is 16.2. The van der Waals surface area contributed by atoms with Gasteiger partial charge in [-0.05, 0) is 55.1 Å². The van der Waals surface area contributed by atoms with Gasteiger partial charge in [-0.3, -0.25) is 4.79 Å². The average molecular weight is 346 g/mol. The molecule has 138 valence electrons. The summed E-state index contributed by atoms with van der Waals surface area (Å²) in [5, 5.41) is 3.83. The Morgan fingerprint density at radius 1 is 1.16 bits per heavy atom. The highest BCUT2D eigenvalue weighted by molar-refractivity contribution is 5.79. The van der Waals surface area contributed by atoms with Crippen LogP contribution in [-0.4, -0.2) is 37.0 Å². The molecule has 2 N–H and O–H groups in total.